The molecule has 10 heavy (non-hydrogen) atoms. The largest absolute Gasteiger partial charge is 0.432 e. The van der Waals surface area contributed by atoms with Crippen LogP contribution in [0, 0.1) is 0 Å². The Kier molecular flexibility index (Phi) is 3.39. The molecule has 0 atom stereocenters. The first kappa shape index (κ1) is 8.88. The molecule has 0 fully saturated rings. The molecule has 0 saturated carbocycles. The van der Waals surface area contributed by atoms with Crippen molar-refractivity contribution in [3.63, 3.8) is 0 Å². The minimum Gasteiger partial charge on any atom is -0.432 e. The van der Waals surface area contributed by atoms with E-state index in [4.69, 9.17) is 0 Å². The summed E-state index contributed by atoms with van der Waals surface area (Å²) in [6.45, 7) is 6.23. The third kappa shape index (κ3) is 5.03. The molecule has 0 bridgehead atoms. The zero-order chi connectivity index (χ0) is 8.15. The molecular formula is C7H10O3. The molecule has 0 rings (SSSR count). The highest BCUT2D eigenvalue weighted by atomic mass is 16.5. The highest BCUT2D eigenvalue weighted by Gasteiger charge is 2.05. The van der Waals surface area contributed by atoms with Gasteiger partial charge in [-0.05, 0) is 13.8 Å². The van der Waals surface area contributed by atoms with E-state index in [0.717, 1.165) is 0 Å². The summed E-state index contributed by atoms with van der Waals surface area (Å²) >= 11 is 0. The lowest BCUT2D eigenvalue weighted by Crippen LogP contribution is -2.06. The van der Waals surface area contributed by atoms with E-state index < -0.39 is 5.97 Å². The Morgan fingerprint density at radius 1 is 1.40 bits per heavy atom. The highest BCUT2D eigenvalue weighted by molar-refractivity contribution is 5.94. The Labute approximate surface area is 59.7 Å². The van der Waals surface area contributed by atoms with E-state index in [-0.39, 0.29) is 12.2 Å². The minimum atomic E-state index is -0.542. The predicted molar refractivity (Wildman–Crippen MR) is 36.2 cm³/mol. The van der Waals surface area contributed by atoms with Crippen molar-refractivity contribution in [2.24, 2.45) is 0 Å². The zero-order valence-corrected chi connectivity index (χ0v) is 6.14. The second-order valence-electron chi connectivity index (χ2n) is 2.05. The van der Waals surface area contributed by atoms with Crippen LogP contribution in [-0.4, -0.2) is 11.8 Å². The van der Waals surface area contributed by atoms with Gasteiger partial charge in [0.1, 0.15) is 12.2 Å². The lowest BCUT2D eigenvalue weighted by Gasteiger charge is -1.98. The van der Waals surface area contributed by atoms with E-state index in [0.29, 0.717) is 5.76 Å². The summed E-state index contributed by atoms with van der Waals surface area (Å²) in [5.41, 5.74) is 0. The fraction of sp³-hybridized carbons (Fsp3) is 0.429. The Balaban J connectivity index is 3.65. The van der Waals surface area contributed by atoms with E-state index in [1.165, 1.54) is 6.92 Å². The Morgan fingerprint density at radius 2 is 1.90 bits per heavy atom. The summed E-state index contributed by atoms with van der Waals surface area (Å²) in [5, 5.41) is 0. The van der Waals surface area contributed by atoms with Gasteiger partial charge in [-0.1, -0.05) is 6.58 Å². The maximum Gasteiger partial charge on any atom is 0.318 e. The van der Waals surface area contributed by atoms with Crippen molar-refractivity contribution >= 4 is 11.8 Å². The molecule has 0 aromatic heterocycles. The van der Waals surface area contributed by atoms with E-state index in [1.54, 1.807) is 6.92 Å². The van der Waals surface area contributed by atoms with Crippen molar-refractivity contribution < 1.29 is 14.3 Å². The molecule has 3 heteroatoms. The molecular weight excluding hydrogens is 132 g/mol. The summed E-state index contributed by atoms with van der Waals surface area (Å²) in [6.07, 6.45) is -0.174. The molecule has 0 saturated heterocycles. The molecule has 0 aliphatic rings. The van der Waals surface area contributed by atoms with Crippen LogP contribution in [0.1, 0.15) is 20.3 Å². The number of hydrogen-bond acceptors (Lipinski definition) is 3. The number of carbonyl (C=O) groups excluding carboxylic acids is 2. The molecule has 56 valence electrons. The summed E-state index contributed by atoms with van der Waals surface area (Å²) in [4.78, 5) is 20.9. The smallest absolute Gasteiger partial charge is 0.318 e. The van der Waals surface area contributed by atoms with Crippen molar-refractivity contribution in [2.45, 2.75) is 20.3 Å². The second kappa shape index (κ2) is 3.82. The molecule has 0 aromatic rings. The van der Waals surface area contributed by atoms with Crippen molar-refractivity contribution in [1.82, 2.24) is 0 Å². The third-order valence-electron chi connectivity index (χ3n) is 0.681. The highest BCUT2D eigenvalue weighted by Crippen LogP contribution is 1.94. The van der Waals surface area contributed by atoms with Crippen LogP contribution in [-0.2, 0) is 14.3 Å². The van der Waals surface area contributed by atoms with Crippen LogP contribution in [0.2, 0.25) is 0 Å². The van der Waals surface area contributed by atoms with Crippen molar-refractivity contribution in [1.29, 1.82) is 0 Å². The second-order valence-corrected chi connectivity index (χ2v) is 2.05. The average molecular weight is 142 g/mol. The van der Waals surface area contributed by atoms with Gasteiger partial charge in [-0.3, -0.25) is 9.59 Å². The van der Waals surface area contributed by atoms with E-state index in [2.05, 4.69) is 11.3 Å². The maximum atomic E-state index is 10.6. The SMILES string of the molecule is C=C(C)OC(=O)CC(C)=O. The molecule has 0 amide bonds. The number of ketones is 1. The molecule has 0 spiro atoms. The minimum absolute atomic E-state index is 0.174. The third-order valence-corrected chi connectivity index (χ3v) is 0.681. The molecule has 0 aliphatic carbocycles. The van der Waals surface area contributed by atoms with Gasteiger partial charge in [-0.2, -0.15) is 0 Å². The molecule has 0 heterocycles. The lowest BCUT2D eigenvalue weighted by molar-refractivity contribution is -0.141. The summed E-state index contributed by atoms with van der Waals surface area (Å²) in [6, 6.07) is 0. The average Bonchev–Trinajstić information content (AvgIpc) is 1.58. The first-order valence-electron chi connectivity index (χ1n) is 2.88. The Hall–Kier alpha value is -1.12. The normalized spacial score (nSPS) is 8.60. The Bertz CT molecular complexity index is 152. The van der Waals surface area contributed by atoms with Crippen LogP contribution in [0.25, 0.3) is 0 Å². The summed E-state index contributed by atoms with van der Waals surface area (Å²) in [5.74, 6) is -0.433. The van der Waals surface area contributed by atoms with E-state index in [1.807, 2.05) is 0 Å². The first-order valence-corrected chi connectivity index (χ1v) is 2.88. The molecule has 0 aliphatic heterocycles. The molecule has 0 unspecified atom stereocenters. The maximum absolute atomic E-state index is 10.6. The van der Waals surface area contributed by atoms with Gasteiger partial charge in [0.15, 0.2) is 0 Å². The number of Topliss-reactive ketones (excluding diaryl/α,β-unsaturated/α-hetero) is 1. The first-order chi connectivity index (χ1) is 4.52. The van der Waals surface area contributed by atoms with Crippen LogP contribution in [0.15, 0.2) is 12.3 Å². The quantitative estimate of drug-likeness (QED) is 0.336. The number of esters is 1. The summed E-state index contributed by atoms with van der Waals surface area (Å²) in [7, 11) is 0. The summed E-state index contributed by atoms with van der Waals surface area (Å²) < 4.78 is 4.51. The zero-order valence-electron chi connectivity index (χ0n) is 6.14. The number of carbonyl (C=O) groups is 2. The van der Waals surface area contributed by atoms with Gasteiger partial charge in [-0.15, -0.1) is 0 Å². The molecule has 0 aromatic carbocycles. The Morgan fingerprint density at radius 3 is 2.20 bits per heavy atom. The van der Waals surface area contributed by atoms with E-state index in [9.17, 15) is 9.59 Å². The van der Waals surface area contributed by atoms with E-state index >= 15 is 0 Å². The van der Waals surface area contributed by atoms with Crippen molar-refractivity contribution in [2.75, 3.05) is 0 Å². The number of ether oxygens (including phenoxy) is 1. The lowest BCUT2D eigenvalue weighted by atomic mass is 10.3. The van der Waals surface area contributed by atoms with Gasteiger partial charge in [0.2, 0.25) is 0 Å². The van der Waals surface area contributed by atoms with Crippen LogP contribution >= 0.6 is 0 Å². The standard InChI is InChI=1S/C7H10O3/c1-5(2)10-7(9)4-6(3)8/h1,4H2,2-3H3. The van der Waals surface area contributed by atoms with Crippen LogP contribution < -0.4 is 0 Å². The topological polar surface area (TPSA) is 43.4 Å². The van der Waals surface area contributed by atoms with Gasteiger partial charge in [-0.25, -0.2) is 0 Å². The van der Waals surface area contributed by atoms with Crippen LogP contribution in [0.3, 0.4) is 0 Å². The van der Waals surface area contributed by atoms with Crippen LogP contribution in [0.5, 0.6) is 0 Å². The van der Waals surface area contributed by atoms with Gasteiger partial charge < -0.3 is 4.74 Å². The fourth-order valence-corrected chi connectivity index (χ4v) is 0.434. The monoisotopic (exact) mass is 142 g/mol. The van der Waals surface area contributed by atoms with Gasteiger partial charge in [0, 0.05) is 0 Å². The van der Waals surface area contributed by atoms with Gasteiger partial charge >= 0.3 is 5.97 Å². The number of rotatable bonds is 3. The van der Waals surface area contributed by atoms with Crippen molar-refractivity contribution in [3.05, 3.63) is 12.3 Å². The predicted octanol–water partition coefficient (Wildman–Crippen LogP) is 1.04. The fourth-order valence-electron chi connectivity index (χ4n) is 0.434. The molecule has 0 N–H and O–H groups in total. The molecule has 3 nitrogen and oxygen atoms in total. The number of allylic oxidation sites excluding steroid dienone is 1. The van der Waals surface area contributed by atoms with Crippen molar-refractivity contribution in [3.8, 4) is 0 Å². The van der Waals surface area contributed by atoms with Gasteiger partial charge in [0.25, 0.3) is 0 Å². The van der Waals surface area contributed by atoms with Gasteiger partial charge in [0.05, 0.1) is 5.76 Å². The number of hydrogen-bond donors (Lipinski definition) is 0. The molecule has 0 radical (unpaired) electrons. The van der Waals surface area contributed by atoms with Crippen LogP contribution in [0.4, 0.5) is 0 Å².